The highest BCUT2D eigenvalue weighted by molar-refractivity contribution is 7.86. The smallest absolute Gasteiger partial charge is 0.264 e. The lowest BCUT2D eigenvalue weighted by Crippen LogP contribution is -2.38. The van der Waals surface area contributed by atoms with Crippen molar-refractivity contribution in [1.82, 2.24) is 29.5 Å². The van der Waals surface area contributed by atoms with Crippen LogP contribution in [0.15, 0.2) is 25.3 Å². The Hall–Kier alpha value is -2.42. The van der Waals surface area contributed by atoms with E-state index in [-0.39, 0.29) is 23.8 Å². The van der Waals surface area contributed by atoms with Crippen molar-refractivity contribution < 1.29 is 50.9 Å². The second-order valence-electron chi connectivity index (χ2n) is 14.8. The highest BCUT2D eigenvalue weighted by Crippen LogP contribution is 2.40. The summed E-state index contributed by atoms with van der Waals surface area (Å²) in [5, 5.41) is 17.5. The van der Waals surface area contributed by atoms with Gasteiger partial charge in [-0.15, -0.1) is 0 Å². The number of Topliss-reactive ketones (excluding diaryl/α,β-unsaturated/α-hetero) is 1. The number of aliphatic hydroxyl groups is 1. The molecule has 0 bridgehead atoms. The lowest BCUT2D eigenvalue weighted by atomic mass is 9.90. The first-order valence-electron chi connectivity index (χ1n) is 19.1. The van der Waals surface area contributed by atoms with Gasteiger partial charge in [0.2, 0.25) is 0 Å². The number of aromatic nitrogens is 6. The Morgan fingerprint density at radius 2 is 1.02 bits per heavy atom. The third-order valence-electron chi connectivity index (χ3n) is 11.0. The van der Waals surface area contributed by atoms with Gasteiger partial charge in [0.1, 0.15) is 31.1 Å². The number of ketones is 1. The number of rotatable bonds is 4. The van der Waals surface area contributed by atoms with Crippen LogP contribution in [0.4, 0.5) is 0 Å². The summed E-state index contributed by atoms with van der Waals surface area (Å²) in [6.45, 7) is 4.20. The SMILES string of the molecule is CS(=O)(=O)OC1CCC2(CC1)OCCO2.O=C1CCC(n2cncn2)CC1.OC1CCC2(CC1)OCCO2.c1ncn(C2CCC3(CC2)OCCO3)n1. The molecule has 2 aromatic heterocycles. The van der Waals surface area contributed by atoms with E-state index in [0.29, 0.717) is 69.6 Å². The minimum absolute atomic E-state index is 0.131. The number of aliphatic hydroxyl groups excluding tert-OH is 1. The van der Waals surface area contributed by atoms with Gasteiger partial charge in [0, 0.05) is 51.4 Å². The van der Waals surface area contributed by atoms with E-state index in [0.717, 1.165) is 96.9 Å². The van der Waals surface area contributed by atoms with Crippen molar-refractivity contribution in [2.45, 2.75) is 144 Å². The second-order valence-corrected chi connectivity index (χ2v) is 16.4. The normalized spacial score (nSPS) is 28.2. The first-order chi connectivity index (χ1) is 25.5. The molecular formula is C35H56N6O11S. The molecule has 0 atom stereocenters. The van der Waals surface area contributed by atoms with Gasteiger partial charge in [0.25, 0.3) is 10.1 Å². The molecule has 0 aromatic carbocycles. The Balaban J connectivity index is 0.000000122. The fourth-order valence-electron chi connectivity index (χ4n) is 8.08. The van der Waals surface area contributed by atoms with E-state index in [1.807, 2.05) is 9.36 Å². The lowest BCUT2D eigenvalue weighted by molar-refractivity contribution is -0.187. The lowest BCUT2D eigenvalue weighted by Gasteiger charge is -2.35. The summed E-state index contributed by atoms with van der Waals surface area (Å²) in [6.07, 6.45) is 20.8. The molecule has 53 heavy (non-hydrogen) atoms. The molecular weight excluding hydrogens is 712 g/mol. The summed E-state index contributed by atoms with van der Waals surface area (Å²) in [5.41, 5.74) is 0. The van der Waals surface area contributed by atoms with Gasteiger partial charge >= 0.3 is 0 Å². The van der Waals surface area contributed by atoms with Crippen molar-refractivity contribution in [3.8, 4) is 0 Å². The van der Waals surface area contributed by atoms with Gasteiger partial charge in [-0.1, -0.05) is 0 Å². The Morgan fingerprint density at radius 1 is 0.642 bits per heavy atom. The minimum atomic E-state index is -3.34. The predicted octanol–water partition coefficient (Wildman–Crippen LogP) is 3.41. The molecule has 0 amide bonds. The second kappa shape index (κ2) is 18.5. The third-order valence-corrected chi connectivity index (χ3v) is 11.6. The van der Waals surface area contributed by atoms with Crippen LogP contribution in [0.2, 0.25) is 0 Å². The molecule has 2 aromatic rings. The fraction of sp³-hybridized carbons (Fsp3) is 0.857. The largest absolute Gasteiger partial charge is 0.393 e. The van der Waals surface area contributed by atoms with Crippen LogP contribution in [0.5, 0.6) is 0 Å². The average molecular weight is 769 g/mol. The van der Waals surface area contributed by atoms with Crippen LogP contribution in [0.3, 0.4) is 0 Å². The maximum absolute atomic E-state index is 10.9. The third kappa shape index (κ3) is 11.8. The summed E-state index contributed by atoms with van der Waals surface area (Å²) < 4.78 is 64.0. The zero-order valence-electron chi connectivity index (χ0n) is 30.8. The molecule has 5 heterocycles. The number of ether oxygens (including phenoxy) is 6. The quantitative estimate of drug-likeness (QED) is 0.444. The van der Waals surface area contributed by atoms with Crippen LogP contribution in [0.25, 0.3) is 0 Å². The number of hydrogen-bond donors (Lipinski definition) is 1. The minimum Gasteiger partial charge on any atom is -0.393 e. The van der Waals surface area contributed by atoms with Crippen molar-refractivity contribution in [2.75, 3.05) is 45.9 Å². The van der Waals surface area contributed by atoms with E-state index >= 15 is 0 Å². The molecule has 3 saturated heterocycles. The molecule has 0 unspecified atom stereocenters. The molecule has 4 aliphatic carbocycles. The Labute approximate surface area is 311 Å². The van der Waals surface area contributed by atoms with Crippen LogP contribution in [0.1, 0.15) is 115 Å². The van der Waals surface area contributed by atoms with Gasteiger partial charge in [-0.2, -0.15) is 18.6 Å². The summed E-state index contributed by atoms with van der Waals surface area (Å²) in [4.78, 5) is 18.8. The molecule has 9 rings (SSSR count). The van der Waals surface area contributed by atoms with Crippen molar-refractivity contribution in [3.63, 3.8) is 0 Å². The van der Waals surface area contributed by atoms with Crippen LogP contribution < -0.4 is 0 Å². The summed E-state index contributed by atoms with van der Waals surface area (Å²) >= 11 is 0. The van der Waals surface area contributed by atoms with Gasteiger partial charge in [0.15, 0.2) is 17.4 Å². The molecule has 17 nitrogen and oxygen atoms in total. The van der Waals surface area contributed by atoms with Gasteiger partial charge in [0.05, 0.1) is 70.2 Å². The molecule has 3 aliphatic heterocycles. The molecule has 7 aliphatic rings. The standard InChI is InChI=1S/C10H15N3O2.C9H16O5S.C8H11N3O.C8H14O3/c1-3-10(14-5-6-15-10)4-2-9(1)13-8-11-7-12-13;1-15(10,11)14-8-2-4-9(5-3-8)12-6-7-13-9;12-8-3-1-7(2-4-8)11-6-9-5-10-11;9-7-1-3-8(4-2-7)10-5-6-11-8/h7-9H,1-6H2;8H,2-7H2,1H3;5-7H,1-4H2;7,9H,1-6H2. The summed E-state index contributed by atoms with van der Waals surface area (Å²) in [5.74, 6) is -0.639. The number of carbonyl (C=O) groups excluding carboxylic acids is 1. The molecule has 7 fully saturated rings. The molecule has 0 radical (unpaired) electrons. The van der Waals surface area contributed by atoms with Crippen molar-refractivity contribution in [3.05, 3.63) is 25.3 Å². The van der Waals surface area contributed by atoms with Gasteiger partial charge in [-0.25, -0.2) is 19.3 Å². The Morgan fingerprint density at radius 3 is 1.40 bits per heavy atom. The molecule has 18 heteroatoms. The van der Waals surface area contributed by atoms with Crippen LogP contribution in [-0.2, 0) is 47.5 Å². The highest BCUT2D eigenvalue weighted by Gasteiger charge is 2.42. The molecule has 1 N–H and O–H groups in total. The van der Waals surface area contributed by atoms with Crippen LogP contribution >= 0.6 is 0 Å². The predicted molar refractivity (Wildman–Crippen MR) is 187 cm³/mol. The monoisotopic (exact) mass is 768 g/mol. The number of carbonyl (C=O) groups is 1. The highest BCUT2D eigenvalue weighted by atomic mass is 32.2. The topological polar surface area (TPSA) is 197 Å². The molecule has 4 saturated carbocycles. The van der Waals surface area contributed by atoms with E-state index < -0.39 is 15.9 Å². The van der Waals surface area contributed by atoms with E-state index in [1.54, 1.807) is 19.0 Å². The Bertz CT molecular complexity index is 1450. The maximum atomic E-state index is 10.9. The number of hydrogen-bond acceptors (Lipinski definition) is 15. The van der Waals surface area contributed by atoms with Crippen molar-refractivity contribution in [2.24, 2.45) is 0 Å². The Kier molecular flexibility index (Phi) is 14.0. The zero-order chi connectivity index (χ0) is 37.2. The average Bonchev–Trinajstić information content (AvgIpc) is 4.01. The van der Waals surface area contributed by atoms with Gasteiger partial charge in [-0.3, -0.25) is 8.98 Å². The first-order valence-corrected chi connectivity index (χ1v) is 21.0. The van der Waals surface area contributed by atoms with E-state index in [4.69, 9.17) is 32.6 Å². The summed E-state index contributed by atoms with van der Waals surface area (Å²) in [6, 6.07) is 0.858. The number of nitrogens with zero attached hydrogens (tertiary/aromatic N) is 6. The van der Waals surface area contributed by atoms with E-state index in [1.165, 1.54) is 6.33 Å². The summed E-state index contributed by atoms with van der Waals surface area (Å²) in [7, 11) is -3.34. The van der Waals surface area contributed by atoms with E-state index in [2.05, 4.69) is 20.2 Å². The fourth-order valence-corrected chi connectivity index (χ4v) is 8.77. The van der Waals surface area contributed by atoms with Gasteiger partial charge in [-0.05, 0) is 51.4 Å². The van der Waals surface area contributed by atoms with Crippen molar-refractivity contribution in [1.29, 1.82) is 0 Å². The zero-order valence-corrected chi connectivity index (χ0v) is 31.6. The van der Waals surface area contributed by atoms with Crippen LogP contribution in [-0.4, -0.2) is 124 Å². The van der Waals surface area contributed by atoms with Crippen LogP contribution in [0, 0.1) is 0 Å². The maximum Gasteiger partial charge on any atom is 0.264 e. The van der Waals surface area contributed by atoms with E-state index in [9.17, 15) is 18.3 Å². The molecule has 3 spiro atoms. The first kappa shape index (κ1) is 40.2. The van der Waals surface area contributed by atoms with Gasteiger partial charge < -0.3 is 33.5 Å². The van der Waals surface area contributed by atoms with Crippen molar-refractivity contribution >= 4 is 15.9 Å². The molecule has 298 valence electrons.